The molecule has 0 aromatic heterocycles. The Balaban J connectivity index is 1.88. The van der Waals surface area contributed by atoms with E-state index < -0.39 is 7.14 Å². The minimum atomic E-state index is -1.60. The summed E-state index contributed by atoms with van der Waals surface area (Å²) in [6, 6.07) is 0. The predicted octanol–water partition coefficient (Wildman–Crippen LogP) is 2.84. The Labute approximate surface area is 67.9 Å². The summed E-state index contributed by atoms with van der Waals surface area (Å²) in [5, 5.41) is 0. The van der Waals surface area contributed by atoms with Crippen LogP contribution in [0.15, 0.2) is 0 Å². The first kappa shape index (κ1) is 6.71. The summed E-state index contributed by atoms with van der Waals surface area (Å²) in [4.78, 5) is 0. The monoisotopic (exact) mass is 170 g/mol. The molecule has 0 unspecified atom stereocenters. The summed E-state index contributed by atoms with van der Waals surface area (Å²) in [7, 11) is -1.60. The van der Waals surface area contributed by atoms with Crippen LogP contribution in [0, 0.1) is 0 Å². The minimum absolute atomic E-state index is 0.711. The normalized spacial score (nSPS) is 32.4. The van der Waals surface area contributed by atoms with Crippen molar-refractivity contribution < 1.29 is 4.57 Å². The molecule has 0 aromatic carbocycles. The van der Waals surface area contributed by atoms with Crippen molar-refractivity contribution >= 4 is 7.14 Å². The van der Waals surface area contributed by atoms with Gasteiger partial charge in [-0.2, -0.15) is 0 Å². The lowest BCUT2D eigenvalue weighted by atomic mass is 10.9. The second-order valence-electron chi connectivity index (χ2n) is 4.46. The van der Waals surface area contributed by atoms with Crippen LogP contribution in [0.2, 0.25) is 0 Å². The summed E-state index contributed by atoms with van der Waals surface area (Å²) < 4.78 is 12.5. The fourth-order valence-corrected chi connectivity index (χ4v) is 6.99. The average molecular weight is 170 g/mol. The molecular formula is C9H15OP. The summed E-state index contributed by atoms with van der Waals surface area (Å²) >= 11 is 0. The van der Waals surface area contributed by atoms with E-state index in [9.17, 15) is 4.57 Å². The second-order valence-corrected chi connectivity index (χ2v) is 8.17. The molecule has 3 saturated carbocycles. The molecule has 3 fully saturated rings. The Morgan fingerprint density at radius 3 is 1.18 bits per heavy atom. The lowest BCUT2D eigenvalue weighted by Gasteiger charge is -2.15. The number of hydrogen-bond donors (Lipinski definition) is 0. The molecular weight excluding hydrogens is 155 g/mol. The van der Waals surface area contributed by atoms with Gasteiger partial charge in [0.15, 0.2) is 0 Å². The standard InChI is InChI=1S/C9H15OP/c10-11(7-1-2-7,8-3-4-8)9-5-6-9/h7-9H,1-6H2. The van der Waals surface area contributed by atoms with Crippen LogP contribution in [0.25, 0.3) is 0 Å². The van der Waals surface area contributed by atoms with Crippen molar-refractivity contribution in [2.45, 2.75) is 55.5 Å². The minimum Gasteiger partial charge on any atom is -0.323 e. The van der Waals surface area contributed by atoms with E-state index in [1.807, 2.05) is 0 Å². The number of hydrogen-bond acceptors (Lipinski definition) is 1. The lowest BCUT2D eigenvalue weighted by Crippen LogP contribution is -2.00. The highest BCUT2D eigenvalue weighted by molar-refractivity contribution is 7.67. The molecule has 1 nitrogen and oxygen atoms in total. The molecule has 0 bridgehead atoms. The molecule has 0 amide bonds. The zero-order valence-corrected chi connectivity index (χ0v) is 7.72. The Bertz CT molecular complexity index is 186. The van der Waals surface area contributed by atoms with E-state index in [0.717, 1.165) is 0 Å². The van der Waals surface area contributed by atoms with E-state index in [0.29, 0.717) is 17.0 Å². The first-order valence-electron chi connectivity index (χ1n) is 4.91. The van der Waals surface area contributed by atoms with Gasteiger partial charge in [0.2, 0.25) is 0 Å². The topological polar surface area (TPSA) is 17.1 Å². The average Bonchev–Trinajstić information content (AvgIpc) is 2.81. The van der Waals surface area contributed by atoms with Crippen LogP contribution in [-0.4, -0.2) is 17.0 Å². The zero-order chi connectivity index (χ0) is 7.47. The smallest absolute Gasteiger partial charge is 0.0965 e. The van der Waals surface area contributed by atoms with E-state index in [1.165, 1.54) is 38.5 Å². The van der Waals surface area contributed by atoms with Crippen LogP contribution >= 0.6 is 7.14 Å². The van der Waals surface area contributed by atoms with Gasteiger partial charge in [-0.3, -0.25) is 0 Å². The molecule has 0 heterocycles. The van der Waals surface area contributed by atoms with Crippen LogP contribution in [0.4, 0.5) is 0 Å². The molecule has 0 aromatic rings. The molecule has 0 spiro atoms. The Morgan fingerprint density at radius 1 is 0.727 bits per heavy atom. The van der Waals surface area contributed by atoms with Gasteiger partial charge in [0.1, 0.15) is 0 Å². The van der Waals surface area contributed by atoms with E-state index in [2.05, 4.69) is 0 Å². The molecule has 0 radical (unpaired) electrons. The highest BCUT2D eigenvalue weighted by Crippen LogP contribution is 2.77. The molecule has 0 N–H and O–H groups in total. The van der Waals surface area contributed by atoms with E-state index in [1.54, 1.807) is 0 Å². The molecule has 0 aliphatic heterocycles. The van der Waals surface area contributed by atoms with Gasteiger partial charge >= 0.3 is 0 Å². The first-order valence-corrected chi connectivity index (χ1v) is 6.82. The van der Waals surface area contributed by atoms with E-state index in [-0.39, 0.29) is 0 Å². The van der Waals surface area contributed by atoms with Crippen molar-refractivity contribution in [3.05, 3.63) is 0 Å². The zero-order valence-electron chi connectivity index (χ0n) is 6.83. The van der Waals surface area contributed by atoms with Crippen LogP contribution in [-0.2, 0) is 4.57 Å². The Hall–Kier alpha value is 0.230. The van der Waals surface area contributed by atoms with Crippen LogP contribution < -0.4 is 0 Å². The van der Waals surface area contributed by atoms with Crippen molar-refractivity contribution in [2.24, 2.45) is 0 Å². The quantitative estimate of drug-likeness (QED) is 0.595. The largest absolute Gasteiger partial charge is 0.323 e. The maximum atomic E-state index is 12.5. The van der Waals surface area contributed by atoms with Gasteiger partial charge in [-0.05, 0) is 38.5 Å². The predicted molar refractivity (Wildman–Crippen MR) is 46.7 cm³/mol. The fraction of sp³-hybridized carbons (Fsp3) is 1.00. The molecule has 3 aliphatic rings. The molecule has 3 aliphatic carbocycles. The summed E-state index contributed by atoms with van der Waals surface area (Å²) in [6.07, 6.45) is 7.78. The van der Waals surface area contributed by atoms with Crippen molar-refractivity contribution in [1.29, 1.82) is 0 Å². The maximum Gasteiger partial charge on any atom is 0.0965 e. The van der Waals surface area contributed by atoms with Crippen molar-refractivity contribution in [3.8, 4) is 0 Å². The third-order valence-electron chi connectivity index (χ3n) is 3.35. The van der Waals surface area contributed by atoms with Crippen molar-refractivity contribution in [3.63, 3.8) is 0 Å². The van der Waals surface area contributed by atoms with Gasteiger partial charge in [-0.25, -0.2) is 0 Å². The van der Waals surface area contributed by atoms with Gasteiger partial charge in [0.25, 0.3) is 0 Å². The molecule has 62 valence electrons. The fourth-order valence-electron chi connectivity index (χ4n) is 2.33. The second kappa shape index (κ2) is 1.93. The summed E-state index contributed by atoms with van der Waals surface area (Å²) in [5.41, 5.74) is 2.13. The summed E-state index contributed by atoms with van der Waals surface area (Å²) in [6.45, 7) is 0. The molecule has 0 atom stereocenters. The van der Waals surface area contributed by atoms with Gasteiger partial charge in [0.05, 0.1) is 7.14 Å². The van der Waals surface area contributed by atoms with Crippen LogP contribution in [0.3, 0.4) is 0 Å². The lowest BCUT2D eigenvalue weighted by molar-refractivity contribution is 0.571. The maximum absolute atomic E-state index is 12.5. The third kappa shape index (κ3) is 0.935. The molecule has 3 rings (SSSR count). The third-order valence-corrected chi connectivity index (χ3v) is 8.33. The Morgan fingerprint density at radius 2 is 1.00 bits per heavy atom. The van der Waals surface area contributed by atoms with Gasteiger partial charge in [-0.1, -0.05) is 0 Å². The van der Waals surface area contributed by atoms with Crippen LogP contribution in [0.5, 0.6) is 0 Å². The van der Waals surface area contributed by atoms with Gasteiger partial charge < -0.3 is 4.57 Å². The summed E-state index contributed by atoms with van der Waals surface area (Å²) in [5.74, 6) is 0. The van der Waals surface area contributed by atoms with Gasteiger partial charge in [0, 0.05) is 17.0 Å². The highest BCUT2D eigenvalue weighted by Gasteiger charge is 2.57. The van der Waals surface area contributed by atoms with E-state index in [4.69, 9.17) is 0 Å². The number of rotatable bonds is 3. The van der Waals surface area contributed by atoms with Crippen molar-refractivity contribution in [2.75, 3.05) is 0 Å². The SMILES string of the molecule is O=P(C1CC1)(C1CC1)C1CC1. The highest BCUT2D eigenvalue weighted by atomic mass is 31.2. The van der Waals surface area contributed by atoms with Crippen molar-refractivity contribution in [1.82, 2.24) is 0 Å². The van der Waals surface area contributed by atoms with E-state index >= 15 is 0 Å². The van der Waals surface area contributed by atoms with Crippen LogP contribution in [0.1, 0.15) is 38.5 Å². The van der Waals surface area contributed by atoms with Gasteiger partial charge in [-0.15, -0.1) is 0 Å². The molecule has 11 heavy (non-hydrogen) atoms. The molecule has 0 saturated heterocycles. The first-order chi connectivity index (χ1) is 5.32. The Kier molecular flexibility index (Phi) is 1.18. The molecule has 2 heteroatoms.